The minimum absolute atomic E-state index is 0.00224. The number of allylic oxidation sites excluding steroid dienone is 1. The van der Waals surface area contributed by atoms with Crippen molar-refractivity contribution in [1.29, 1.82) is 0 Å². The number of nitrogens with zero attached hydrogens (tertiary/aromatic N) is 2. The number of rotatable bonds is 5. The Labute approximate surface area is 230 Å². The molecule has 4 aromatic carbocycles. The molecule has 4 nitrogen and oxygen atoms in total. The summed E-state index contributed by atoms with van der Waals surface area (Å²) in [5.41, 5.74) is 7.95. The van der Waals surface area contributed by atoms with Gasteiger partial charge in [-0.25, -0.2) is 4.99 Å². The molecule has 7 rings (SSSR count). The van der Waals surface area contributed by atoms with E-state index < -0.39 is 0 Å². The molecule has 0 spiro atoms. The topological polar surface area (TPSA) is 43.6 Å². The fraction of sp³-hybridized carbons (Fsp3) is 0.118. The predicted octanol–water partition coefficient (Wildman–Crippen LogP) is 5.90. The summed E-state index contributed by atoms with van der Waals surface area (Å²) in [6.45, 7) is 0.520. The number of ether oxygens (including phenoxy) is 1. The van der Waals surface area contributed by atoms with Crippen molar-refractivity contribution in [2.45, 2.75) is 25.5 Å². The van der Waals surface area contributed by atoms with Crippen LogP contribution in [0.25, 0.3) is 11.8 Å². The molecule has 190 valence electrons. The highest BCUT2D eigenvalue weighted by molar-refractivity contribution is 7.07. The van der Waals surface area contributed by atoms with E-state index in [9.17, 15) is 4.79 Å². The van der Waals surface area contributed by atoms with Crippen molar-refractivity contribution in [3.63, 3.8) is 0 Å². The molecule has 2 aliphatic rings. The molecule has 0 amide bonds. The van der Waals surface area contributed by atoms with Crippen molar-refractivity contribution >= 4 is 23.1 Å². The largest absolute Gasteiger partial charge is 0.489 e. The maximum absolute atomic E-state index is 13.9. The van der Waals surface area contributed by atoms with Gasteiger partial charge in [0.15, 0.2) is 4.80 Å². The van der Waals surface area contributed by atoms with Crippen LogP contribution < -0.4 is 19.6 Å². The number of benzene rings is 4. The summed E-state index contributed by atoms with van der Waals surface area (Å²) in [5, 5.41) is 0. The van der Waals surface area contributed by atoms with Crippen molar-refractivity contribution in [3.05, 3.63) is 162 Å². The van der Waals surface area contributed by atoms with Crippen LogP contribution in [0.3, 0.4) is 0 Å². The van der Waals surface area contributed by atoms with Crippen molar-refractivity contribution < 1.29 is 4.74 Å². The normalized spacial score (nSPS) is 16.2. The summed E-state index contributed by atoms with van der Waals surface area (Å²) >= 11 is 1.46. The van der Waals surface area contributed by atoms with E-state index in [-0.39, 0.29) is 11.6 Å². The first-order valence-electron chi connectivity index (χ1n) is 13.2. The third-order valence-corrected chi connectivity index (χ3v) is 8.40. The zero-order chi connectivity index (χ0) is 26.2. The van der Waals surface area contributed by atoms with E-state index in [0.29, 0.717) is 11.1 Å². The number of fused-ring (bicyclic) bond motifs is 3. The van der Waals surface area contributed by atoms with Crippen LogP contribution in [0.2, 0.25) is 0 Å². The number of aromatic nitrogens is 1. The van der Waals surface area contributed by atoms with Gasteiger partial charge < -0.3 is 4.74 Å². The lowest BCUT2D eigenvalue weighted by Crippen LogP contribution is -2.38. The Hall–Kier alpha value is -4.48. The third-order valence-electron chi connectivity index (χ3n) is 7.41. The van der Waals surface area contributed by atoms with Gasteiger partial charge in [-0.15, -0.1) is 0 Å². The maximum atomic E-state index is 13.9. The summed E-state index contributed by atoms with van der Waals surface area (Å²) < 4.78 is 8.52. The fourth-order valence-corrected chi connectivity index (χ4v) is 6.51. The Kier molecular flexibility index (Phi) is 6.06. The highest BCUT2D eigenvalue weighted by Crippen LogP contribution is 2.41. The summed E-state index contributed by atoms with van der Waals surface area (Å²) in [7, 11) is 0. The number of hydrogen-bond acceptors (Lipinski definition) is 4. The number of aryl methyl sites for hydroxylation is 1. The molecule has 0 bridgehead atoms. The third kappa shape index (κ3) is 4.45. The fourth-order valence-electron chi connectivity index (χ4n) is 5.51. The lowest BCUT2D eigenvalue weighted by atomic mass is 9.83. The first-order valence-corrected chi connectivity index (χ1v) is 14.0. The van der Waals surface area contributed by atoms with Gasteiger partial charge in [-0.05, 0) is 58.9 Å². The van der Waals surface area contributed by atoms with E-state index in [4.69, 9.17) is 9.73 Å². The molecule has 0 radical (unpaired) electrons. The Bertz CT molecular complexity index is 1870. The molecule has 1 aliphatic carbocycles. The van der Waals surface area contributed by atoms with Gasteiger partial charge in [0.1, 0.15) is 12.4 Å². The Morgan fingerprint density at radius 2 is 1.56 bits per heavy atom. The molecule has 5 aromatic rings. The molecule has 0 saturated heterocycles. The van der Waals surface area contributed by atoms with E-state index >= 15 is 0 Å². The predicted molar refractivity (Wildman–Crippen MR) is 156 cm³/mol. The van der Waals surface area contributed by atoms with Crippen LogP contribution in [0.1, 0.15) is 40.3 Å². The van der Waals surface area contributed by atoms with Crippen LogP contribution in [0, 0.1) is 0 Å². The molecular weight excluding hydrogens is 500 g/mol. The molecular formula is C34H26N2O2S. The van der Waals surface area contributed by atoms with Gasteiger partial charge in [-0.1, -0.05) is 108 Å². The Balaban J connectivity index is 1.28. The van der Waals surface area contributed by atoms with Crippen LogP contribution >= 0.6 is 11.3 Å². The highest BCUT2D eigenvalue weighted by Gasteiger charge is 2.32. The first-order chi connectivity index (χ1) is 19.2. The number of hydrogen-bond donors (Lipinski definition) is 0. The van der Waals surface area contributed by atoms with Gasteiger partial charge in [0.2, 0.25) is 0 Å². The molecule has 0 unspecified atom stereocenters. The van der Waals surface area contributed by atoms with E-state index in [1.807, 2.05) is 83.4 Å². The van der Waals surface area contributed by atoms with Gasteiger partial charge in [-0.2, -0.15) is 0 Å². The van der Waals surface area contributed by atoms with Crippen LogP contribution in [-0.4, -0.2) is 4.57 Å². The summed E-state index contributed by atoms with van der Waals surface area (Å²) in [6, 6.07) is 36.7. The zero-order valence-corrected chi connectivity index (χ0v) is 22.1. The van der Waals surface area contributed by atoms with Crippen LogP contribution in [0.15, 0.2) is 125 Å². The second-order valence-corrected chi connectivity index (χ2v) is 10.9. The smallest absolute Gasteiger partial charge is 0.271 e. The molecule has 5 heteroatoms. The average molecular weight is 527 g/mol. The molecule has 0 N–H and O–H groups in total. The molecule has 1 atom stereocenters. The zero-order valence-electron chi connectivity index (χ0n) is 21.3. The monoisotopic (exact) mass is 526 g/mol. The van der Waals surface area contributed by atoms with Crippen molar-refractivity contribution in [2.75, 3.05) is 0 Å². The average Bonchev–Trinajstić information content (AvgIpc) is 3.30. The second kappa shape index (κ2) is 10.0. The SMILES string of the molecule is O=c1/c(=C/c2ccc(OCc3ccccc3)cc2)sc2n1[C@@H](c1ccccc1)C1=C(N=2)c2ccccc2CC1. The summed E-state index contributed by atoms with van der Waals surface area (Å²) in [4.78, 5) is 19.7. The van der Waals surface area contributed by atoms with E-state index in [0.717, 1.165) is 45.8 Å². The Morgan fingerprint density at radius 3 is 2.36 bits per heavy atom. The molecule has 0 saturated carbocycles. The highest BCUT2D eigenvalue weighted by atomic mass is 32.1. The van der Waals surface area contributed by atoms with Crippen LogP contribution in [-0.2, 0) is 13.0 Å². The van der Waals surface area contributed by atoms with Gasteiger partial charge in [-0.3, -0.25) is 9.36 Å². The van der Waals surface area contributed by atoms with Crippen LogP contribution in [0.5, 0.6) is 5.75 Å². The number of thiazole rings is 1. The summed E-state index contributed by atoms with van der Waals surface area (Å²) in [6.07, 6.45) is 3.81. The van der Waals surface area contributed by atoms with Gasteiger partial charge in [0, 0.05) is 5.56 Å². The quantitative estimate of drug-likeness (QED) is 0.286. The summed E-state index contributed by atoms with van der Waals surface area (Å²) in [5.74, 6) is 0.799. The standard InChI is InChI=1S/C34H26N2O2S/c37-33-30(21-23-15-18-27(19-16-23)38-22-24-9-3-1-4-10-24)39-34-35-31-28-14-8-7-11-25(28)17-20-29(31)32(36(33)34)26-12-5-2-6-13-26/h1-16,18-19,21,32H,17,20,22H2/b30-21-/t32-/m0/s1. The van der Waals surface area contributed by atoms with Gasteiger partial charge >= 0.3 is 0 Å². The molecule has 1 aromatic heterocycles. The Morgan fingerprint density at radius 1 is 0.846 bits per heavy atom. The van der Waals surface area contributed by atoms with Crippen molar-refractivity contribution in [2.24, 2.45) is 4.99 Å². The van der Waals surface area contributed by atoms with Crippen LogP contribution in [0.4, 0.5) is 0 Å². The molecule has 2 heterocycles. The molecule has 39 heavy (non-hydrogen) atoms. The van der Waals surface area contributed by atoms with E-state index in [1.165, 1.54) is 28.0 Å². The van der Waals surface area contributed by atoms with Crippen molar-refractivity contribution in [1.82, 2.24) is 4.57 Å². The molecule has 0 fully saturated rings. The minimum atomic E-state index is -0.151. The first kappa shape index (κ1) is 23.6. The van der Waals surface area contributed by atoms with E-state index in [1.54, 1.807) is 0 Å². The maximum Gasteiger partial charge on any atom is 0.271 e. The van der Waals surface area contributed by atoms with E-state index in [2.05, 4.69) is 36.4 Å². The second-order valence-electron chi connectivity index (χ2n) is 9.87. The van der Waals surface area contributed by atoms with Crippen molar-refractivity contribution in [3.8, 4) is 5.75 Å². The molecule has 1 aliphatic heterocycles. The lowest BCUT2D eigenvalue weighted by molar-refractivity contribution is 0.306. The minimum Gasteiger partial charge on any atom is -0.489 e. The lowest BCUT2D eigenvalue weighted by Gasteiger charge is -2.30. The van der Waals surface area contributed by atoms with Gasteiger partial charge in [0.05, 0.1) is 16.3 Å². The van der Waals surface area contributed by atoms with Gasteiger partial charge in [0.25, 0.3) is 5.56 Å².